The molecular formula is C18H22N2O2S. The summed E-state index contributed by atoms with van der Waals surface area (Å²) in [6.07, 6.45) is 1.78. The molecule has 1 atom stereocenters. The third-order valence-corrected chi connectivity index (χ3v) is 5.45. The molecule has 0 spiro atoms. The highest BCUT2D eigenvalue weighted by atomic mass is 32.2. The average Bonchev–Trinajstić information content (AvgIpc) is 2.47. The van der Waals surface area contributed by atoms with Gasteiger partial charge in [0.2, 0.25) is 0 Å². The average molecular weight is 330 g/mol. The molecule has 1 aliphatic heterocycles. The van der Waals surface area contributed by atoms with E-state index in [1.807, 2.05) is 12.1 Å². The lowest BCUT2D eigenvalue weighted by molar-refractivity contribution is -0.138. The smallest absolute Gasteiger partial charge is 0.326 e. The summed E-state index contributed by atoms with van der Waals surface area (Å²) in [4.78, 5) is 17.3. The van der Waals surface area contributed by atoms with E-state index in [0.29, 0.717) is 5.75 Å². The summed E-state index contributed by atoms with van der Waals surface area (Å²) in [7, 11) is 0. The Labute approximate surface area is 141 Å². The maximum atomic E-state index is 11.3. The van der Waals surface area contributed by atoms with Crippen LogP contribution in [0.15, 0.2) is 39.9 Å². The molecule has 0 fully saturated rings. The zero-order chi connectivity index (χ0) is 16.6. The van der Waals surface area contributed by atoms with Gasteiger partial charge in [0.15, 0.2) is 0 Å². The van der Waals surface area contributed by atoms with E-state index in [4.69, 9.17) is 4.99 Å². The molecule has 0 aromatic heterocycles. The predicted octanol–water partition coefficient (Wildman–Crippen LogP) is 3.89. The maximum Gasteiger partial charge on any atom is 0.326 e. The van der Waals surface area contributed by atoms with E-state index in [2.05, 4.69) is 38.2 Å². The van der Waals surface area contributed by atoms with Gasteiger partial charge in [-0.05, 0) is 37.3 Å². The number of carbonyl (C=O) groups is 1. The summed E-state index contributed by atoms with van der Waals surface area (Å²) in [5.41, 5.74) is 4.36. The third kappa shape index (κ3) is 3.61. The zero-order valence-electron chi connectivity index (χ0n) is 13.7. The Morgan fingerprint density at radius 3 is 2.65 bits per heavy atom. The van der Waals surface area contributed by atoms with Crippen LogP contribution in [0.2, 0.25) is 0 Å². The van der Waals surface area contributed by atoms with E-state index < -0.39 is 12.0 Å². The molecule has 3 rings (SSSR count). The van der Waals surface area contributed by atoms with Crippen molar-refractivity contribution in [2.75, 3.05) is 5.75 Å². The minimum atomic E-state index is -0.788. The van der Waals surface area contributed by atoms with Crippen molar-refractivity contribution in [1.29, 1.82) is 0 Å². The number of hydrogen-bond acceptors (Lipinski definition) is 4. The third-order valence-electron chi connectivity index (χ3n) is 4.18. The quantitative estimate of drug-likeness (QED) is 0.863. The van der Waals surface area contributed by atoms with Gasteiger partial charge in [-0.2, -0.15) is 0 Å². The lowest BCUT2D eigenvalue weighted by atomic mass is 9.78. The molecule has 122 valence electrons. The second-order valence-electron chi connectivity index (χ2n) is 7.07. The predicted molar refractivity (Wildman–Crippen MR) is 95.3 cm³/mol. The van der Waals surface area contributed by atoms with Crippen molar-refractivity contribution in [3.8, 4) is 0 Å². The molecule has 0 bridgehead atoms. The molecule has 5 heteroatoms. The number of rotatable bonds is 2. The van der Waals surface area contributed by atoms with E-state index in [-0.39, 0.29) is 5.41 Å². The van der Waals surface area contributed by atoms with Gasteiger partial charge in [-0.15, -0.1) is 11.8 Å². The molecular weight excluding hydrogens is 308 g/mol. The molecule has 0 saturated carbocycles. The molecule has 1 unspecified atom stereocenters. The van der Waals surface area contributed by atoms with Gasteiger partial charge in [-0.1, -0.05) is 31.5 Å². The summed E-state index contributed by atoms with van der Waals surface area (Å²) < 4.78 is 0. The Morgan fingerprint density at radius 2 is 2.00 bits per heavy atom. The lowest BCUT2D eigenvalue weighted by Crippen LogP contribution is -2.44. The van der Waals surface area contributed by atoms with E-state index in [9.17, 15) is 9.90 Å². The highest BCUT2D eigenvalue weighted by Gasteiger charge is 2.36. The van der Waals surface area contributed by atoms with Crippen molar-refractivity contribution in [3.63, 3.8) is 0 Å². The number of benzene rings is 1. The second-order valence-corrected chi connectivity index (χ2v) is 8.10. The molecule has 1 aromatic rings. The van der Waals surface area contributed by atoms with Crippen LogP contribution in [0.4, 0.5) is 5.69 Å². The first-order valence-corrected chi connectivity index (χ1v) is 8.82. The number of carboxylic acids is 1. The molecule has 1 aromatic carbocycles. The van der Waals surface area contributed by atoms with Crippen LogP contribution in [-0.4, -0.2) is 28.6 Å². The van der Waals surface area contributed by atoms with Crippen molar-refractivity contribution in [3.05, 3.63) is 40.4 Å². The van der Waals surface area contributed by atoms with E-state index in [1.54, 1.807) is 11.8 Å². The molecule has 0 saturated heterocycles. The van der Waals surface area contributed by atoms with Crippen LogP contribution in [0.3, 0.4) is 0 Å². The number of aliphatic imine (C=N–C) groups is 1. The van der Waals surface area contributed by atoms with Crippen LogP contribution in [-0.2, 0) is 4.79 Å². The van der Waals surface area contributed by atoms with Crippen molar-refractivity contribution < 1.29 is 9.90 Å². The fourth-order valence-electron chi connectivity index (χ4n) is 3.03. The van der Waals surface area contributed by atoms with Gasteiger partial charge in [0.25, 0.3) is 0 Å². The standard InChI is InChI=1S/C18H22N2O2S/c1-11-4-6-12(7-5-11)19-13-8-18(2,3)9-14-16(13)23-10-15(20-14)17(21)22/h4-7,15,20H,8-10H2,1-3H3,(H,21,22)/b19-13+. The number of aryl methyl sites for hydroxylation is 1. The number of nitrogens with zero attached hydrogens (tertiary/aromatic N) is 1. The highest BCUT2D eigenvalue weighted by Crippen LogP contribution is 2.43. The zero-order valence-corrected chi connectivity index (χ0v) is 14.5. The summed E-state index contributed by atoms with van der Waals surface area (Å²) in [5.74, 6) is -0.244. The van der Waals surface area contributed by atoms with E-state index in [0.717, 1.165) is 34.8 Å². The Morgan fingerprint density at radius 1 is 1.30 bits per heavy atom. The number of thioether (sulfide) groups is 1. The maximum absolute atomic E-state index is 11.3. The molecule has 0 radical (unpaired) electrons. The summed E-state index contributed by atoms with van der Waals surface area (Å²) in [6.45, 7) is 6.48. The molecule has 4 nitrogen and oxygen atoms in total. The topological polar surface area (TPSA) is 61.7 Å². The minimum absolute atomic E-state index is 0.0797. The van der Waals surface area contributed by atoms with Gasteiger partial charge >= 0.3 is 5.97 Å². The van der Waals surface area contributed by atoms with Crippen molar-refractivity contribution in [1.82, 2.24) is 5.32 Å². The van der Waals surface area contributed by atoms with E-state index >= 15 is 0 Å². The highest BCUT2D eigenvalue weighted by molar-refractivity contribution is 8.04. The Hall–Kier alpha value is -1.75. The largest absolute Gasteiger partial charge is 0.480 e. The Bertz CT molecular complexity index is 689. The summed E-state index contributed by atoms with van der Waals surface area (Å²) in [5, 5.41) is 12.5. The SMILES string of the molecule is Cc1ccc(/N=C2\CC(C)(C)CC3=C2SCC(C(=O)O)N3)cc1. The molecule has 1 aliphatic carbocycles. The van der Waals surface area contributed by atoms with Gasteiger partial charge in [0.1, 0.15) is 6.04 Å². The van der Waals surface area contributed by atoms with Gasteiger partial charge < -0.3 is 10.4 Å². The fraction of sp³-hybridized carbons (Fsp3) is 0.444. The minimum Gasteiger partial charge on any atom is -0.480 e. The monoisotopic (exact) mass is 330 g/mol. The molecule has 0 amide bonds. The Balaban J connectivity index is 1.97. The van der Waals surface area contributed by atoms with Crippen molar-refractivity contribution in [2.45, 2.75) is 39.7 Å². The van der Waals surface area contributed by atoms with Crippen molar-refractivity contribution in [2.24, 2.45) is 10.4 Å². The van der Waals surface area contributed by atoms with Gasteiger partial charge in [-0.25, -0.2) is 4.79 Å². The van der Waals surface area contributed by atoms with Gasteiger partial charge in [0.05, 0.1) is 11.4 Å². The molecule has 1 heterocycles. The number of nitrogens with one attached hydrogen (secondary N) is 1. The normalized spacial score (nSPS) is 25.0. The van der Waals surface area contributed by atoms with Crippen LogP contribution >= 0.6 is 11.8 Å². The molecule has 2 N–H and O–H groups in total. The van der Waals surface area contributed by atoms with Gasteiger partial charge in [0, 0.05) is 16.4 Å². The molecule has 2 aliphatic rings. The first kappa shape index (κ1) is 16.1. The summed E-state index contributed by atoms with van der Waals surface area (Å²) >= 11 is 1.62. The van der Waals surface area contributed by atoms with Crippen LogP contribution < -0.4 is 5.32 Å². The molecule has 23 heavy (non-hydrogen) atoms. The fourth-order valence-corrected chi connectivity index (χ4v) is 4.18. The first-order valence-electron chi connectivity index (χ1n) is 7.84. The van der Waals surface area contributed by atoms with E-state index in [1.165, 1.54) is 5.56 Å². The second kappa shape index (κ2) is 6.04. The lowest BCUT2D eigenvalue weighted by Gasteiger charge is -2.38. The van der Waals surface area contributed by atoms with Crippen LogP contribution in [0, 0.1) is 12.3 Å². The van der Waals surface area contributed by atoms with Crippen LogP contribution in [0.1, 0.15) is 32.3 Å². The number of carboxylic acid groups (broad SMARTS) is 1. The number of allylic oxidation sites excluding steroid dienone is 2. The Kier molecular flexibility index (Phi) is 4.23. The van der Waals surface area contributed by atoms with Crippen LogP contribution in [0.5, 0.6) is 0 Å². The van der Waals surface area contributed by atoms with Crippen LogP contribution in [0.25, 0.3) is 0 Å². The summed E-state index contributed by atoms with van der Waals surface area (Å²) in [6, 6.07) is 7.69. The number of hydrogen-bond donors (Lipinski definition) is 2. The van der Waals surface area contributed by atoms with Gasteiger partial charge in [-0.3, -0.25) is 4.99 Å². The number of aliphatic carboxylic acids is 1. The van der Waals surface area contributed by atoms with Crippen molar-refractivity contribution >= 4 is 29.1 Å². The first-order chi connectivity index (χ1) is 10.8.